The first-order valence-corrected chi connectivity index (χ1v) is 13.8. The number of pyridine rings is 1. The van der Waals surface area contributed by atoms with Crippen molar-refractivity contribution in [2.24, 2.45) is 13.0 Å². The van der Waals surface area contributed by atoms with E-state index in [4.69, 9.17) is 0 Å². The predicted octanol–water partition coefficient (Wildman–Crippen LogP) is 2.75. The Hall–Kier alpha value is -3.57. The summed E-state index contributed by atoms with van der Waals surface area (Å²) in [7, 11) is -1.16. The molecule has 10 nitrogen and oxygen atoms in total. The van der Waals surface area contributed by atoms with Gasteiger partial charge in [-0.05, 0) is 29.1 Å². The Morgan fingerprint density at radius 3 is 2.64 bits per heavy atom. The molecule has 4 aromatic rings. The van der Waals surface area contributed by atoms with Gasteiger partial charge in [0, 0.05) is 74.5 Å². The van der Waals surface area contributed by atoms with Gasteiger partial charge in [0.1, 0.15) is 21.5 Å². The summed E-state index contributed by atoms with van der Waals surface area (Å²) < 4.78 is 25.0. The average Bonchev–Trinajstić information content (AvgIpc) is 3.26. The maximum atomic E-state index is 11.7. The van der Waals surface area contributed by atoms with Gasteiger partial charge in [-0.1, -0.05) is 13.0 Å². The molecular formula is C25H29N7O3S. The topological polar surface area (TPSA) is 126 Å². The molecule has 1 aliphatic heterocycles. The molecular weight excluding hydrogens is 478 g/mol. The lowest BCUT2D eigenvalue weighted by Gasteiger charge is -2.41. The number of rotatable bonds is 8. The monoisotopic (exact) mass is 507 g/mol. The Morgan fingerprint density at radius 1 is 1.14 bits per heavy atom. The van der Waals surface area contributed by atoms with Gasteiger partial charge in [0.25, 0.3) is 0 Å². The van der Waals surface area contributed by atoms with Crippen LogP contribution in [0, 0.1) is 5.92 Å². The Balaban J connectivity index is 1.45. The van der Waals surface area contributed by atoms with Gasteiger partial charge >= 0.3 is 0 Å². The van der Waals surface area contributed by atoms with Crippen LogP contribution in [-0.4, -0.2) is 70.0 Å². The summed E-state index contributed by atoms with van der Waals surface area (Å²) in [5.41, 5.74) is 2.86. The highest BCUT2D eigenvalue weighted by Crippen LogP contribution is 2.37. The number of nitrogens with one attached hydrogen (secondary N) is 1. The molecule has 0 bridgehead atoms. The maximum Gasteiger partial charge on any atom is 0.164 e. The van der Waals surface area contributed by atoms with Gasteiger partial charge in [-0.2, -0.15) is 5.10 Å². The van der Waals surface area contributed by atoms with Crippen LogP contribution >= 0.6 is 0 Å². The Morgan fingerprint density at radius 2 is 1.94 bits per heavy atom. The van der Waals surface area contributed by atoms with E-state index in [0.29, 0.717) is 30.5 Å². The molecule has 188 valence electrons. The molecule has 1 atom stereocenters. The highest BCUT2D eigenvalue weighted by Gasteiger charge is 2.31. The van der Waals surface area contributed by atoms with E-state index in [1.165, 1.54) is 6.26 Å². The number of hydrogen-bond donors (Lipinski definition) is 2. The minimum atomic E-state index is -3.00. The van der Waals surface area contributed by atoms with Gasteiger partial charge in [0.05, 0.1) is 17.5 Å². The van der Waals surface area contributed by atoms with Crippen molar-refractivity contribution in [3.05, 3.63) is 54.6 Å². The van der Waals surface area contributed by atoms with Crippen LogP contribution in [0.3, 0.4) is 0 Å². The van der Waals surface area contributed by atoms with E-state index in [0.717, 1.165) is 27.6 Å². The number of aromatic nitrogens is 5. The largest absolute Gasteiger partial charge is 0.396 e. The van der Waals surface area contributed by atoms with Crippen LogP contribution in [-0.2, 0) is 16.9 Å². The average molecular weight is 508 g/mol. The van der Waals surface area contributed by atoms with E-state index in [1.807, 2.05) is 44.6 Å². The van der Waals surface area contributed by atoms with Crippen molar-refractivity contribution < 1.29 is 13.5 Å². The van der Waals surface area contributed by atoms with Gasteiger partial charge in [-0.15, -0.1) is 0 Å². The summed E-state index contributed by atoms with van der Waals surface area (Å²) in [6.45, 7) is 3.39. The molecule has 3 aromatic heterocycles. The smallest absolute Gasteiger partial charge is 0.164 e. The van der Waals surface area contributed by atoms with Crippen LogP contribution in [0.2, 0.25) is 0 Å². The number of aliphatic hydroxyl groups excluding tert-OH is 1. The summed E-state index contributed by atoms with van der Waals surface area (Å²) >= 11 is 0. The third-order valence-corrected chi connectivity index (χ3v) is 7.50. The second-order valence-electron chi connectivity index (χ2n) is 9.53. The lowest BCUT2D eigenvalue weighted by atomic mass is 9.93. The van der Waals surface area contributed by atoms with Gasteiger partial charge in [-0.3, -0.25) is 4.68 Å². The Labute approximate surface area is 210 Å². The number of anilines is 3. The van der Waals surface area contributed by atoms with E-state index in [-0.39, 0.29) is 24.2 Å². The number of nitrogens with zero attached hydrogens (tertiary/aromatic N) is 6. The Bertz CT molecular complexity index is 1510. The molecule has 0 saturated carbocycles. The third-order valence-electron chi connectivity index (χ3n) is 6.43. The number of aliphatic hydroxyl groups is 1. The van der Waals surface area contributed by atoms with Crippen molar-refractivity contribution in [3.63, 3.8) is 0 Å². The number of sulfone groups is 1. The van der Waals surface area contributed by atoms with Crippen LogP contribution in [0.15, 0.2) is 49.1 Å². The number of hydrogen-bond acceptors (Lipinski definition) is 9. The van der Waals surface area contributed by atoms with Crippen LogP contribution in [0.25, 0.3) is 22.2 Å². The molecule has 0 amide bonds. The zero-order valence-electron chi connectivity index (χ0n) is 20.5. The van der Waals surface area contributed by atoms with Gasteiger partial charge in [0.15, 0.2) is 5.82 Å². The molecule has 0 radical (unpaired) electrons. The molecule has 1 aliphatic rings. The van der Waals surface area contributed by atoms with Crippen molar-refractivity contribution in [2.45, 2.75) is 12.8 Å². The zero-order valence-corrected chi connectivity index (χ0v) is 21.3. The van der Waals surface area contributed by atoms with Crippen molar-refractivity contribution >= 4 is 37.9 Å². The molecule has 0 spiro atoms. The van der Waals surface area contributed by atoms with E-state index in [2.05, 4.69) is 30.3 Å². The predicted molar refractivity (Wildman–Crippen MR) is 140 cm³/mol. The molecule has 4 heterocycles. The van der Waals surface area contributed by atoms with Crippen molar-refractivity contribution in [2.75, 3.05) is 41.9 Å². The first kappa shape index (κ1) is 24.1. The summed E-state index contributed by atoms with van der Waals surface area (Å²) in [6, 6.07) is 7.83. The number of aryl methyl sites for hydroxylation is 1. The summed E-state index contributed by atoms with van der Waals surface area (Å²) in [5, 5.41) is 19.3. The molecule has 2 N–H and O–H groups in total. The van der Waals surface area contributed by atoms with E-state index < -0.39 is 9.84 Å². The molecule has 11 heteroatoms. The highest BCUT2D eigenvalue weighted by molar-refractivity contribution is 7.90. The van der Waals surface area contributed by atoms with Gasteiger partial charge in [-0.25, -0.2) is 23.4 Å². The molecule has 36 heavy (non-hydrogen) atoms. The molecule has 5 rings (SSSR count). The lowest BCUT2D eigenvalue weighted by Crippen LogP contribution is -2.49. The summed E-state index contributed by atoms with van der Waals surface area (Å²) in [5.74, 6) is 2.07. The third kappa shape index (κ3) is 5.02. The fraction of sp³-hybridized carbons (Fsp3) is 0.360. The molecule has 1 saturated heterocycles. The first-order valence-electron chi connectivity index (χ1n) is 11.8. The van der Waals surface area contributed by atoms with Gasteiger partial charge in [0.2, 0.25) is 0 Å². The summed E-state index contributed by atoms with van der Waals surface area (Å²) in [6.07, 6.45) is 8.37. The first-order chi connectivity index (χ1) is 17.2. The number of benzene rings is 1. The fourth-order valence-corrected chi connectivity index (χ4v) is 5.72. The molecule has 0 aliphatic carbocycles. The standard InChI is InChI=1S/C25H29N7O3S/c1-16(14-33)19-4-5-22(32-11-17(12-32)15-36(3,34)35)21-10-27-24(8-20(19)21)29-23-6-7-26-25(30-23)18-9-28-31(2)13-18/h4-10,13,16-17,33H,11-12,14-15H2,1-3H3,(H,26,27,29,30). The second-order valence-corrected chi connectivity index (χ2v) is 11.7. The lowest BCUT2D eigenvalue weighted by molar-refractivity contribution is 0.273. The maximum absolute atomic E-state index is 11.7. The molecule has 1 unspecified atom stereocenters. The number of fused-ring (bicyclic) bond motifs is 1. The van der Waals surface area contributed by atoms with E-state index >= 15 is 0 Å². The fourth-order valence-electron chi connectivity index (χ4n) is 4.65. The van der Waals surface area contributed by atoms with E-state index in [1.54, 1.807) is 23.1 Å². The van der Waals surface area contributed by atoms with Crippen molar-refractivity contribution in [3.8, 4) is 11.4 Å². The van der Waals surface area contributed by atoms with Crippen LogP contribution < -0.4 is 10.2 Å². The second kappa shape index (κ2) is 9.47. The SMILES string of the molecule is CC(CO)c1ccc(N2CC(CS(C)(=O)=O)C2)c2cnc(Nc3ccnc(-c4cnn(C)c4)n3)cc12. The summed E-state index contributed by atoms with van der Waals surface area (Å²) in [4.78, 5) is 15.8. The molecule has 1 fully saturated rings. The van der Waals surface area contributed by atoms with Crippen molar-refractivity contribution in [1.82, 2.24) is 24.7 Å². The van der Waals surface area contributed by atoms with Crippen LogP contribution in [0.4, 0.5) is 17.3 Å². The normalized spacial score (nSPS) is 15.2. The quantitative estimate of drug-likeness (QED) is 0.370. The van der Waals surface area contributed by atoms with Crippen LogP contribution in [0.5, 0.6) is 0 Å². The Kier molecular flexibility index (Phi) is 6.35. The van der Waals surface area contributed by atoms with Crippen LogP contribution in [0.1, 0.15) is 18.4 Å². The minimum absolute atomic E-state index is 0.0278. The van der Waals surface area contributed by atoms with Crippen molar-refractivity contribution in [1.29, 1.82) is 0 Å². The van der Waals surface area contributed by atoms with E-state index in [9.17, 15) is 13.5 Å². The minimum Gasteiger partial charge on any atom is -0.396 e. The highest BCUT2D eigenvalue weighted by atomic mass is 32.2. The molecule has 1 aromatic carbocycles. The van der Waals surface area contributed by atoms with Gasteiger partial charge < -0.3 is 15.3 Å². The zero-order chi connectivity index (χ0) is 25.4.